The average molecular weight is 1190 g/mol. The predicted molar refractivity (Wildman–Crippen MR) is 377 cm³/mol. The largest absolute Gasteiger partial charge is 0.452 e. The van der Waals surface area contributed by atoms with Gasteiger partial charge in [0.15, 0.2) is 22.3 Å². The minimum atomic E-state index is -1.70. The van der Waals surface area contributed by atoms with Gasteiger partial charge in [0, 0.05) is 45.0 Å². The van der Waals surface area contributed by atoms with E-state index in [9.17, 15) is 10.5 Å². The molecule has 2 aromatic heterocycles. The van der Waals surface area contributed by atoms with Crippen LogP contribution in [0.3, 0.4) is 0 Å². The van der Waals surface area contributed by atoms with Gasteiger partial charge < -0.3 is 18.6 Å². The molecule has 1 spiro atoms. The maximum atomic E-state index is 10.5. The molecule has 426 valence electrons. The van der Waals surface area contributed by atoms with Crippen molar-refractivity contribution in [3.63, 3.8) is 0 Å². The van der Waals surface area contributed by atoms with E-state index in [2.05, 4.69) is 267 Å². The van der Waals surface area contributed by atoms with Gasteiger partial charge in [-0.25, -0.2) is 0 Å². The lowest BCUT2D eigenvalue weighted by molar-refractivity contribution is 0.666. The molecule has 0 saturated carbocycles. The SMILES string of the molecule is C[Si](C)(C)c1ccc(N(c2ccc3c(c2)C2(c4ccccc4-c4cc5c6ccccc6c6ccccc6c5cc42)c2cc4c(cc2-3)Cc2ccc3c(oc5c(C#N)cccc53)c2N4c2ccc([Si](C)(C)C)cc2)c2cccc3c2oc2c(C#N)cccc23)cc1. The molecule has 90 heavy (non-hydrogen) atoms. The summed E-state index contributed by atoms with van der Waals surface area (Å²) in [7, 11) is -3.40. The third-order valence-corrected chi connectivity index (χ3v) is 24.2. The predicted octanol–water partition coefficient (Wildman–Crippen LogP) is 21.0. The summed E-state index contributed by atoms with van der Waals surface area (Å²) < 4.78 is 14.0. The first kappa shape index (κ1) is 52.4. The maximum Gasteiger partial charge on any atom is 0.159 e. The second-order valence-corrected chi connectivity index (χ2v) is 37.1. The second kappa shape index (κ2) is 18.6. The van der Waals surface area contributed by atoms with Crippen molar-refractivity contribution in [3.05, 3.63) is 275 Å². The minimum Gasteiger partial charge on any atom is -0.452 e. The van der Waals surface area contributed by atoms with E-state index in [1.807, 2.05) is 24.3 Å². The molecular weight excluding hydrogens is 1130 g/mol. The molecule has 0 bridgehead atoms. The highest BCUT2D eigenvalue weighted by Crippen LogP contribution is 2.66. The quantitative estimate of drug-likeness (QED) is 0.122. The molecule has 2 aliphatic carbocycles. The Labute approximate surface area is 523 Å². The molecule has 3 heterocycles. The van der Waals surface area contributed by atoms with Gasteiger partial charge in [-0.3, -0.25) is 0 Å². The van der Waals surface area contributed by atoms with E-state index in [1.165, 1.54) is 92.8 Å². The standard InChI is InChI=1S/C82H58N4O2Si2/c1-89(2,3)55-34-29-52(30-35-55)85(75-27-15-25-65-63-23-13-16-49(46-83)78(63)87-80(65)75)54-33-39-62-69-41-51-40-48-28-38-66-64-24-14-17-50(47-84)79(64)88-81(66)77(48)86(53-31-36-56(37-32-53)90(4,5)6)76(51)45-74(69)82(72(62)42-54)71-26-12-11-22-61(71)70-43-67-59-20-9-7-18-57(59)58-19-8-10-21-60(58)68(67)44-73(70)82/h7-39,41-45H,40H2,1-6H3. The molecular formula is C82H58N4O2Si2. The van der Waals surface area contributed by atoms with E-state index in [0.717, 1.165) is 72.4 Å². The van der Waals surface area contributed by atoms with Gasteiger partial charge in [0.05, 0.1) is 49.8 Å². The van der Waals surface area contributed by atoms with Crippen LogP contribution in [-0.4, -0.2) is 16.1 Å². The number of hydrogen-bond donors (Lipinski definition) is 0. The number of rotatable bonds is 6. The van der Waals surface area contributed by atoms with Crippen LogP contribution in [0.25, 0.3) is 98.4 Å². The molecule has 6 nitrogen and oxygen atoms in total. The molecule has 18 rings (SSSR count). The molecule has 1 atom stereocenters. The van der Waals surface area contributed by atoms with E-state index in [4.69, 9.17) is 8.83 Å². The van der Waals surface area contributed by atoms with Crippen LogP contribution >= 0.6 is 0 Å². The number of nitrogens with zero attached hydrogens (tertiary/aromatic N) is 4. The van der Waals surface area contributed by atoms with Crippen molar-refractivity contribution in [2.75, 3.05) is 9.80 Å². The van der Waals surface area contributed by atoms with Crippen molar-refractivity contribution < 1.29 is 8.83 Å². The smallest absolute Gasteiger partial charge is 0.159 e. The highest BCUT2D eigenvalue weighted by Gasteiger charge is 2.53. The molecule has 1 unspecified atom stereocenters. The summed E-state index contributed by atoms with van der Waals surface area (Å²) in [6.45, 7) is 14.4. The summed E-state index contributed by atoms with van der Waals surface area (Å²) in [6, 6.07) is 90.3. The Morgan fingerprint density at radius 1 is 0.389 bits per heavy atom. The fourth-order valence-corrected chi connectivity index (χ4v) is 18.1. The number of fused-ring (bicyclic) bond motifs is 25. The zero-order valence-corrected chi connectivity index (χ0v) is 52.8. The number of anilines is 6. The summed E-state index contributed by atoms with van der Waals surface area (Å²) in [5.41, 5.74) is 21.0. The Morgan fingerprint density at radius 3 is 1.53 bits per heavy atom. The number of hydrogen-bond acceptors (Lipinski definition) is 6. The van der Waals surface area contributed by atoms with Crippen LogP contribution in [-0.2, 0) is 11.8 Å². The third-order valence-electron chi connectivity index (χ3n) is 20.0. The summed E-state index contributed by atoms with van der Waals surface area (Å²) >= 11 is 0. The zero-order valence-electron chi connectivity index (χ0n) is 50.8. The Hall–Kier alpha value is -10.7. The molecule has 0 fully saturated rings. The number of benzene rings is 13. The molecule has 0 radical (unpaired) electrons. The van der Waals surface area contributed by atoms with Gasteiger partial charge in [-0.15, -0.1) is 0 Å². The van der Waals surface area contributed by atoms with Gasteiger partial charge in [-0.05, 0) is 167 Å². The second-order valence-electron chi connectivity index (χ2n) is 26.9. The Kier molecular flexibility index (Phi) is 10.9. The summed E-state index contributed by atoms with van der Waals surface area (Å²) in [5.74, 6) is 0. The van der Waals surface area contributed by atoms with Gasteiger partial charge in [-0.1, -0.05) is 201 Å². The highest BCUT2D eigenvalue weighted by molar-refractivity contribution is 6.89. The first-order chi connectivity index (χ1) is 43.8. The van der Waals surface area contributed by atoms with E-state index in [1.54, 1.807) is 0 Å². The molecule has 3 aliphatic rings. The fraction of sp³-hybridized carbons (Fsp3) is 0.0976. The lowest BCUT2D eigenvalue weighted by Crippen LogP contribution is -2.37. The average Bonchev–Trinajstić information content (AvgIpc) is 1.49. The van der Waals surface area contributed by atoms with Crippen LogP contribution in [0.4, 0.5) is 34.1 Å². The molecule has 8 heteroatoms. The first-order valence-electron chi connectivity index (χ1n) is 31.1. The Balaban J connectivity index is 0.958. The summed E-state index contributed by atoms with van der Waals surface area (Å²) in [6.07, 6.45) is 0.674. The molecule has 1 aliphatic heterocycles. The van der Waals surface area contributed by atoms with Crippen molar-refractivity contribution in [1.82, 2.24) is 0 Å². The first-order valence-corrected chi connectivity index (χ1v) is 38.1. The van der Waals surface area contributed by atoms with Crippen LogP contribution < -0.4 is 20.2 Å². The molecule has 15 aromatic rings. The Bertz CT molecular complexity index is 5770. The van der Waals surface area contributed by atoms with E-state index < -0.39 is 21.6 Å². The fourth-order valence-electron chi connectivity index (χ4n) is 15.8. The van der Waals surface area contributed by atoms with Crippen molar-refractivity contribution in [1.29, 1.82) is 10.5 Å². The lowest BCUT2D eigenvalue weighted by Gasteiger charge is -2.36. The summed E-state index contributed by atoms with van der Waals surface area (Å²) in [5, 5.41) is 34.8. The maximum absolute atomic E-state index is 10.5. The van der Waals surface area contributed by atoms with Crippen molar-refractivity contribution in [2.24, 2.45) is 0 Å². The molecule has 0 N–H and O–H groups in total. The van der Waals surface area contributed by atoms with Crippen LogP contribution in [0.2, 0.25) is 39.3 Å². The third kappa shape index (κ3) is 7.17. The van der Waals surface area contributed by atoms with E-state index in [0.29, 0.717) is 28.7 Å². The number of nitriles is 2. The number of para-hydroxylation sites is 3. The summed E-state index contributed by atoms with van der Waals surface area (Å²) in [4.78, 5) is 4.86. The topological polar surface area (TPSA) is 80.3 Å². The molecule has 0 saturated heterocycles. The van der Waals surface area contributed by atoms with Gasteiger partial charge in [0.2, 0.25) is 0 Å². The van der Waals surface area contributed by atoms with Gasteiger partial charge in [0.1, 0.15) is 12.1 Å². The molecule has 0 amide bonds. The normalized spacial score (nSPS) is 14.7. The van der Waals surface area contributed by atoms with Gasteiger partial charge in [-0.2, -0.15) is 10.5 Å². The van der Waals surface area contributed by atoms with Gasteiger partial charge >= 0.3 is 0 Å². The molecule has 13 aromatic carbocycles. The number of furan rings is 2. The van der Waals surface area contributed by atoms with Crippen LogP contribution in [0.5, 0.6) is 0 Å². The lowest BCUT2D eigenvalue weighted by atomic mass is 9.69. The van der Waals surface area contributed by atoms with Crippen LogP contribution in [0, 0.1) is 22.7 Å². The van der Waals surface area contributed by atoms with Gasteiger partial charge in [0.25, 0.3) is 0 Å². The van der Waals surface area contributed by atoms with Crippen LogP contribution in [0.1, 0.15) is 44.5 Å². The Morgan fingerprint density at radius 2 is 0.889 bits per heavy atom. The van der Waals surface area contributed by atoms with Crippen molar-refractivity contribution >= 4 is 137 Å². The van der Waals surface area contributed by atoms with Crippen molar-refractivity contribution in [3.8, 4) is 34.4 Å². The zero-order chi connectivity index (χ0) is 60.7. The van der Waals surface area contributed by atoms with E-state index >= 15 is 0 Å². The van der Waals surface area contributed by atoms with E-state index in [-0.39, 0.29) is 0 Å². The van der Waals surface area contributed by atoms with Crippen molar-refractivity contribution in [2.45, 2.75) is 51.1 Å². The van der Waals surface area contributed by atoms with Crippen LogP contribution in [0.15, 0.2) is 239 Å². The monoisotopic (exact) mass is 1190 g/mol. The minimum absolute atomic E-state index is 0.507. The highest BCUT2D eigenvalue weighted by atomic mass is 28.3.